The second-order valence-electron chi connectivity index (χ2n) is 6.20. The third kappa shape index (κ3) is 5.65. The minimum atomic E-state index is 0. The van der Waals surface area contributed by atoms with E-state index < -0.39 is 0 Å². The van der Waals surface area contributed by atoms with Crippen LogP contribution in [0.5, 0.6) is 0 Å². The van der Waals surface area contributed by atoms with Gasteiger partial charge in [0.05, 0.1) is 0 Å². The van der Waals surface area contributed by atoms with Crippen molar-refractivity contribution in [1.29, 1.82) is 0 Å². The molecule has 0 aliphatic rings. The largest absolute Gasteiger partial charge is 1.45 e. The van der Waals surface area contributed by atoms with E-state index in [-0.39, 0.29) is 69.9 Å². The summed E-state index contributed by atoms with van der Waals surface area (Å²) in [4.78, 5) is 0. The van der Waals surface area contributed by atoms with E-state index in [1.807, 2.05) is 0 Å². The Labute approximate surface area is 154 Å². The predicted molar refractivity (Wildman–Crippen MR) is 70.4 cm³/mol. The monoisotopic (exact) mass is 266 g/mol. The molecule has 0 N–H and O–H groups in total. The van der Waals surface area contributed by atoms with E-state index in [1.54, 1.807) is 0 Å². The molecular weight excluding hydrogens is 245 g/mol. The van der Waals surface area contributed by atoms with Crippen molar-refractivity contribution in [3.63, 3.8) is 0 Å². The Morgan fingerprint density at radius 3 is 1.59 bits per heavy atom. The summed E-state index contributed by atoms with van der Waals surface area (Å²) in [5.41, 5.74) is 3.12. The second kappa shape index (κ2) is 7.44. The smallest absolute Gasteiger partial charge is 1.00 e. The molecule has 1 rings (SSSR count). The first-order valence-electron chi connectivity index (χ1n) is 5.47. The molecule has 0 nitrogen and oxygen atoms in total. The summed E-state index contributed by atoms with van der Waals surface area (Å²) in [6, 6.07) is 6.40. The van der Waals surface area contributed by atoms with Crippen LogP contribution in [0.3, 0.4) is 0 Å². The van der Waals surface area contributed by atoms with Crippen LogP contribution in [0.1, 0.15) is 52.7 Å². The Morgan fingerprint density at radius 1 is 0.824 bits per heavy atom. The van der Waals surface area contributed by atoms with Gasteiger partial charge in [0, 0.05) is 0 Å². The maximum Gasteiger partial charge on any atom is 1.00 e. The molecule has 0 aliphatic carbocycles. The zero-order chi connectivity index (χ0) is 11.9. The normalized spacial score (nSPS) is 11.5. The number of benzene rings is 1. The van der Waals surface area contributed by atoms with Crippen LogP contribution in [0.25, 0.3) is 0 Å². The van der Waals surface area contributed by atoms with Gasteiger partial charge in [-0.1, -0.05) is 59.2 Å². The van der Waals surface area contributed by atoms with E-state index in [0.717, 1.165) is 5.30 Å². The van der Waals surface area contributed by atoms with Gasteiger partial charge < -0.3 is 14.5 Å². The summed E-state index contributed by atoms with van der Waals surface area (Å²) in [5.74, 6) is 0. The van der Waals surface area contributed by atoms with E-state index in [2.05, 4.69) is 69.0 Å². The van der Waals surface area contributed by atoms with Crippen LogP contribution < -0.4 is 64.4 Å². The van der Waals surface area contributed by atoms with Crippen molar-refractivity contribution in [3.05, 3.63) is 29.3 Å². The Balaban J connectivity index is 0. The summed E-state index contributed by atoms with van der Waals surface area (Å²) < 4.78 is 0. The quantitative estimate of drug-likeness (QED) is 0.389. The molecule has 0 saturated carbocycles. The Hall–Kier alpha value is 1.65. The second-order valence-corrected chi connectivity index (χ2v) is 6.68. The van der Waals surface area contributed by atoms with E-state index >= 15 is 0 Å². The van der Waals surface area contributed by atoms with Crippen LogP contribution in [-0.4, -0.2) is 0 Å². The van der Waals surface area contributed by atoms with Gasteiger partial charge in [-0.05, 0) is 16.4 Å². The van der Waals surface area contributed by atoms with Gasteiger partial charge in [-0.25, -0.2) is 0 Å². The fourth-order valence-electron chi connectivity index (χ4n) is 1.95. The van der Waals surface area contributed by atoms with E-state index in [4.69, 9.17) is 0 Å². The predicted octanol–water partition coefficient (Wildman–Crippen LogP) is -1.67. The third-order valence-corrected chi connectivity index (χ3v) is 2.97. The van der Waals surface area contributed by atoms with Crippen molar-refractivity contribution < 1.29 is 59.1 Å². The minimum absolute atomic E-state index is 0. The SMILES string of the molecule is CC(C)(C)c1cccc([P-2])c1C(C)(C)C.[Na+].[Na+]. The molecular formula is C14H21Na2P. The Bertz CT molecular complexity index is 359. The van der Waals surface area contributed by atoms with Gasteiger partial charge in [0.1, 0.15) is 0 Å². The molecule has 0 spiro atoms. The number of hydrogen-bond donors (Lipinski definition) is 0. The molecule has 0 radical (unpaired) electrons. The molecule has 0 fully saturated rings. The maximum atomic E-state index is 4.59. The molecule has 0 unspecified atom stereocenters. The van der Waals surface area contributed by atoms with Crippen molar-refractivity contribution in [2.75, 3.05) is 0 Å². The number of rotatable bonds is 0. The van der Waals surface area contributed by atoms with Crippen LogP contribution in [0, 0.1) is 0 Å². The van der Waals surface area contributed by atoms with E-state index in [0.29, 0.717) is 0 Å². The van der Waals surface area contributed by atoms with Gasteiger partial charge in [-0.2, -0.15) is 0 Å². The molecule has 0 saturated heterocycles. The van der Waals surface area contributed by atoms with Gasteiger partial charge in [-0.3, -0.25) is 0 Å². The maximum absolute atomic E-state index is 4.59. The summed E-state index contributed by atoms with van der Waals surface area (Å²) in [7, 11) is 4.59. The van der Waals surface area contributed by atoms with Gasteiger partial charge in [-0.15, -0.1) is 6.07 Å². The molecule has 1 aromatic carbocycles. The fourth-order valence-corrected chi connectivity index (χ4v) is 2.50. The molecule has 0 heterocycles. The minimum Gasteiger partial charge on any atom is -1.45 e. The van der Waals surface area contributed by atoms with Gasteiger partial charge >= 0.3 is 59.1 Å². The summed E-state index contributed by atoms with van der Waals surface area (Å²) in [5, 5.41) is 1.11. The van der Waals surface area contributed by atoms with Crippen LogP contribution in [0.15, 0.2) is 18.2 Å². The Morgan fingerprint density at radius 2 is 1.29 bits per heavy atom. The van der Waals surface area contributed by atoms with E-state index in [9.17, 15) is 0 Å². The van der Waals surface area contributed by atoms with Crippen molar-refractivity contribution >= 4 is 14.5 Å². The first-order chi connectivity index (χ1) is 6.64. The topological polar surface area (TPSA) is 0 Å². The Kier molecular flexibility index (Phi) is 9.17. The summed E-state index contributed by atoms with van der Waals surface area (Å²) >= 11 is 0. The molecule has 84 valence electrons. The van der Waals surface area contributed by atoms with Crippen LogP contribution in [0.2, 0.25) is 0 Å². The summed E-state index contributed by atoms with van der Waals surface area (Å²) in [6.45, 7) is 13.5. The molecule has 0 amide bonds. The molecule has 1 aromatic rings. The zero-order valence-corrected chi connectivity index (χ0v) is 17.6. The van der Waals surface area contributed by atoms with Crippen molar-refractivity contribution in [2.45, 2.75) is 52.4 Å². The molecule has 0 aliphatic heterocycles. The molecule has 17 heavy (non-hydrogen) atoms. The van der Waals surface area contributed by atoms with Gasteiger partial charge in [0.2, 0.25) is 0 Å². The fraction of sp³-hybridized carbons (Fsp3) is 0.571. The zero-order valence-electron chi connectivity index (χ0n) is 12.7. The molecule has 0 atom stereocenters. The van der Waals surface area contributed by atoms with Gasteiger partial charge in [0.25, 0.3) is 0 Å². The third-order valence-electron chi connectivity index (χ3n) is 2.60. The molecule has 0 bridgehead atoms. The standard InChI is InChI=1S/C14H21P.2Na/c1-13(2,3)10-8-7-9-11(15)12(10)14(4,5)6;;/h7-9H,1-6H3;;/q-2;2*+1. The van der Waals surface area contributed by atoms with Crippen molar-refractivity contribution in [1.82, 2.24) is 0 Å². The molecule has 3 heteroatoms. The average Bonchev–Trinajstić information content (AvgIpc) is 1.99. The molecule has 0 aromatic heterocycles. The van der Waals surface area contributed by atoms with Crippen LogP contribution in [-0.2, 0) is 10.8 Å². The van der Waals surface area contributed by atoms with Gasteiger partial charge in [0.15, 0.2) is 0 Å². The average molecular weight is 266 g/mol. The first kappa shape index (κ1) is 21.0. The van der Waals surface area contributed by atoms with Crippen molar-refractivity contribution in [3.8, 4) is 0 Å². The van der Waals surface area contributed by atoms with Crippen LogP contribution >= 0.6 is 9.24 Å². The summed E-state index contributed by atoms with van der Waals surface area (Å²) in [6.07, 6.45) is 0. The van der Waals surface area contributed by atoms with Crippen LogP contribution in [0.4, 0.5) is 0 Å². The van der Waals surface area contributed by atoms with E-state index in [1.165, 1.54) is 11.1 Å². The first-order valence-corrected chi connectivity index (χ1v) is 5.91. The number of hydrogen-bond acceptors (Lipinski definition) is 0. The van der Waals surface area contributed by atoms with Crippen molar-refractivity contribution in [2.24, 2.45) is 0 Å².